The third-order valence-corrected chi connectivity index (χ3v) is 8.28. The number of carboxylic acid groups (broad SMARTS) is 3. The number of carbonyl (C=O) groups is 5. The normalized spacial score (nSPS) is 27.2. The van der Waals surface area contributed by atoms with Crippen molar-refractivity contribution in [3.63, 3.8) is 0 Å². The molecule has 2 saturated heterocycles. The first-order chi connectivity index (χ1) is 16.9. The summed E-state index contributed by atoms with van der Waals surface area (Å²) in [7, 11) is 0. The molecular weight excluding hydrogens is 506 g/mol. The number of benzene rings is 1. The summed E-state index contributed by atoms with van der Waals surface area (Å²) in [6, 6.07) is 3.85. The molecule has 3 heterocycles. The van der Waals surface area contributed by atoms with Crippen LogP contribution in [0.3, 0.4) is 0 Å². The minimum Gasteiger partial charge on any atom is -0.530 e. The summed E-state index contributed by atoms with van der Waals surface area (Å²) in [6.07, 6.45) is -2.48. The van der Waals surface area contributed by atoms with Crippen LogP contribution in [0.4, 0.5) is 10.5 Å². The van der Waals surface area contributed by atoms with Gasteiger partial charge in [0, 0.05) is 28.3 Å². The monoisotopic (exact) mass is 534 g/mol. The summed E-state index contributed by atoms with van der Waals surface area (Å²) in [5.74, 6) is -4.76. The molecule has 200 valence electrons. The van der Waals surface area contributed by atoms with Gasteiger partial charge >= 0.3 is 11.9 Å². The van der Waals surface area contributed by atoms with Crippen LogP contribution in [0.1, 0.15) is 38.1 Å². The first-order valence-corrected chi connectivity index (χ1v) is 12.1. The summed E-state index contributed by atoms with van der Waals surface area (Å²) in [5, 5.41) is 42.7. The van der Waals surface area contributed by atoms with Gasteiger partial charge in [0.25, 0.3) is 0 Å². The Hall–Kier alpha value is -3.58. The number of hydrogen-bond donors (Lipinski definition) is 4. The number of likely N-dealkylation sites (tertiary alicyclic amines) is 1. The lowest BCUT2D eigenvalue weighted by molar-refractivity contribution is -0.266. The Morgan fingerprint density at radius 3 is 2.43 bits per heavy atom. The van der Waals surface area contributed by atoms with Gasteiger partial charge in [0.2, 0.25) is 11.8 Å². The highest BCUT2D eigenvalue weighted by atomic mass is 32.2. The number of hydrogen-bond acceptors (Lipinski definition) is 8. The number of thioether (sulfide) groups is 1. The van der Waals surface area contributed by atoms with Crippen LogP contribution in [-0.4, -0.2) is 84.9 Å². The lowest BCUT2D eigenvalue weighted by Gasteiger charge is -2.46. The highest BCUT2D eigenvalue weighted by Gasteiger charge is 2.60. The molecule has 0 saturated carbocycles. The topological polar surface area (TPSA) is 188 Å². The van der Waals surface area contributed by atoms with E-state index in [1.807, 2.05) is 0 Å². The molecule has 37 heavy (non-hydrogen) atoms. The number of β-lactam (4-membered cyclic amide) rings is 1. The van der Waals surface area contributed by atoms with Crippen LogP contribution < -0.4 is 10.4 Å². The number of aliphatic carboxylic acids is 1. The Labute approximate surface area is 216 Å². The van der Waals surface area contributed by atoms with Gasteiger partial charge in [-0.1, -0.05) is 20.4 Å². The van der Waals surface area contributed by atoms with E-state index in [1.165, 1.54) is 36.1 Å². The highest BCUT2D eigenvalue weighted by molar-refractivity contribution is 8.03. The van der Waals surface area contributed by atoms with Gasteiger partial charge in [-0.2, -0.15) is 0 Å². The van der Waals surface area contributed by atoms with E-state index in [2.05, 4.69) is 5.32 Å². The molecule has 3 aliphatic rings. The van der Waals surface area contributed by atoms with Gasteiger partial charge in [-0.3, -0.25) is 9.59 Å². The van der Waals surface area contributed by atoms with Gasteiger partial charge in [-0.25, -0.2) is 9.59 Å². The number of fused-ring (bicyclic) bond motifs is 1. The van der Waals surface area contributed by atoms with Gasteiger partial charge in [-0.15, -0.1) is 11.8 Å². The molecular formula is C24H28N3O9S-. The van der Waals surface area contributed by atoms with Crippen molar-refractivity contribution >= 4 is 47.3 Å². The van der Waals surface area contributed by atoms with E-state index in [0.29, 0.717) is 4.91 Å². The molecule has 13 heteroatoms. The van der Waals surface area contributed by atoms with Gasteiger partial charge in [0.05, 0.1) is 23.6 Å². The van der Waals surface area contributed by atoms with E-state index in [0.717, 1.165) is 16.7 Å². The number of carbonyl (C=O) groups excluding carboxylic acids is 3. The molecule has 0 aromatic heterocycles. The first-order valence-electron chi connectivity index (χ1n) is 11.2. The van der Waals surface area contributed by atoms with Crippen LogP contribution >= 0.6 is 11.8 Å². The largest absolute Gasteiger partial charge is 0.530 e. The van der Waals surface area contributed by atoms with E-state index < -0.39 is 65.1 Å². The Bertz CT molecular complexity index is 1180. The zero-order chi connectivity index (χ0) is 26.5. The van der Waals surface area contributed by atoms with E-state index >= 15 is 0 Å². The first kappa shape index (κ1) is 28.0. The number of nitrogens with zero attached hydrogens (tertiary/aromatic N) is 2. The maximum atomic E-state index is 12.9. The second kappa shape index (κ2) is 10.4. The van der Waals surface area contributed by atoms with Crippen molar-refractivity contribution in [2.45, 2.75) is 51.1 Å². The molecule has 4 rings (SSSR count). The molecule has 0 spiro atoms. The third kappa shape index (κ3) is 4.88. The molecule has 0 bridgehead atoms. The van der Waals surface area contributed by atoms with Crippen molar-refractivity contribution < 1.29 is 44.4 Å². The molecule has 1 aromatic rings. The number of aliphatic hydroxyl groups is 1. The van der Waals surface area contributed by atoms with E-state index in [-0.39, 0.29) is 37.3 Å². The molecule has 12 nitrogen and oxygen atoms in total. The van der Waals surface area contributed by atoms with Crippen LogP contribution in [-0.2, 0) is 14.4 Å². The smallest absolute Gasteiger partial charge is 0.353 e. The summed E-state index contributed by atoms with van der Waals surface area (Å²) in [6.45, 7) is 3.12. The fraction of sp³-hybridized carbons (Fsp3) is 0.458. The average molecular weight is 535 g/mol. The summed E-state index contributed by atoms with van der Waals surface area (Å²) in [4.78, 5) is 62.8. The van der Waals surface area contributed by atoms with Crippen LogP contribution in [0.5, 0.6) is 0 Å². The molecule has 2 fully saturated rings. The lowest BCUT2D eigenvalue weighted by Crippen LogP contribution is -2.63. The second-order valence-corrected chi connectivity index (χ2v) is 10.4. The van der Waals surface area contributed by atoms with Gasteiger partial charge in [-0.05, 0) is 31.5 Å². The minimum absolute atomic E-state index is 0. The van der Waals surface area contributed by atoms with Crippen molar-refractivity contribution in [2.24, 2.45) is 11.8 Å². The Balaban J connectivity index is 0.00000380. The fourth-order valence-corrected chi connectivity index (χ4v) is 6.67. The average Bonchev–Trinajstić information content (AvgIpc) is 3.32. The molecule has 0 radical (unpaired) electrons. The van der Waals surface area contributed by atoms with Crippen LogP contribution in [0, 0.1) is 11.8 Å². The predicted octanol–water partition coefficient (Wildman–Crippen LogP) is 0.633. The maximum absolute atomic E-state index is 12.9. The van der Waals surface area contributed by atoms with E-state index in [9.17, 15) is 39.3 Å². The molecule has 6 unspecified atom stereocenters. The number of amides is 3. The molecule has 4 N–H and O–H groups in total. The van der Waals surface area contributed by atoms with Crippen molar-refractivity contribution in [3.05, 3.63) is 40.4 Å². The summed E-state index contributed by atoms with van der Waals surface area (Å²) < 4.78 is 0. The SMILES string of the molecule is C.CC(O)C1C(=O)N2C(C(=O)O)=C(SC3CC(C(=O)Nc4cccc(C(=O)O)c4)N(C(=O)[O-])C3)C(C)C12. The zero-order valence-corrected chi connectivity index (χ0v) is 20.1. The number of nitrogens with one attached hydrogen (secondary N) is 1. The van der Waals surface area contributed by atoms with Crippen LogP contribution in [0.2, 0.25) is 0 Å². The summed E-state index contributed by atoms with van der Waals surface area (Å²) >= 11 is 1.11. The lowest BCUT2D eigenvalue weighted by atomic mass is 9.79. The van der Waals surface area contributed by atoms with Crippen LogP contribution in [0.25, 0.3) is 0 Å². The fourth-order valence-electron chi connectivity index (χ4n) is 5.15. The Morgan fingerprint density at radius 1 is 1.19 bits per heavy atom. The number of aliphatic hydroxyl groups excluding tert-OH is 1. The molecule has 6 atom stereocenters. The molecule has 3 amide bonds. The maximum Gasteiger partial charge on any atom is 0.353 e. The predicted molar refractivity (Wildman–Crippen MR) is 130 cm³/mol. The number of aromatic carboxylic acids is 1. The summed E-state index contributed by atoms with van der Waals surface area (Å²) in [5.41, 5.74) is -0.0538. The molecule has 1 aromatic carbocycles. The van der Waals surface area contributed by atoms with Crippen molar-refractivity contribution in [2.75, 3.05) is 11.9 Å². The highest BCUT2D eigenvalue weighted by Crippen LogP contribution is 2.52. The van der Waals surface area contributed by atoms with Gasteiger partial charge in [0.1, 0.15) is 17.8 Å². The van der Waals surface area contributed by atoms with Crippen LogP contribution in [0.15, 0.2) is 34.9 Å². The number of anilines is 1. The number of carboxylic acids is 2. The van der Waals surface area contributed by atoms with Crippen molar-refractivity contribution in [3.8, 4) is 0 Å². The second-order valence-electron chi connectivity index (χ2n) is 9.06. The minimum atomic E-state index is -1.57. The van der Waals surface area contributed by atoms with E-state index in [1.54, 1.807) is 6.92 Å². The third-order valence-electron chi connectivity index (χ3n) is 6.78. The quantitative estimate of drug-likeness (QED) is 0.361. The zero-order valence-electron chi connectivity index (χ0n) is 19.3. The van der Waals surface area contributed by atoms with Gasteiger partial charge in [0.15, 0.2) is 0 Å². The van der Waals surface area contributed by atoms with Crippen molar-refractivity contribution in [1.29, 1.82) is 0 Å². The Kier molecular flexibility index (Phi) is 7.89. The van der Waals surface area contributed by atoms with E-state index in [4.69, 9.17) is 5.11 Å². The van der Waals surface area contributed by atoms with Crippen molar-refractivity contribution in [1.82, 2.24) is 9.80 Å². The Morgan fingerprint density at radius 2 is 1.86 bits per heavy atom. The molecule has 0 aliphatic carbocycles. The van der Waals surface area contributed by atoms with Gasteiger partial charge < -0.3 is 40.3 Å². The standard InChI is InChI=1S/C23H25N3O9S.CH4/c1-9-16-15(10(2)27)20(29)26(16)17(22(32)33)18(9)36-13-7-14(25(8-13)23(34)35)19(28)24-12-5-3-4-11(6-12)21(30)31;/h3-6,9-10,13-16,27H,7-8H2,1-2H3,(H,24,28)(H,30,31)(H,32,33)(H,34,35);1H4/p-1. The molecule has 3 aliphatic heterocycles. The number of rotatable bonds is 7.